The molecule has 1 N–H and O–H groups in total. The fourth-order valence-electron chi connectivity index (χ4n) is 2.79. The Labute approximate surface area is 149 Å². The van der Waals surface area contributed by atoms with Gasteiger partial charge in [-0.05, 0) is 54.5 Å². The maximum Gasteiger partial charge on any atom is 0.253 e. The van der Waals surface area contributed by atoms with E-state index >= 15 is 0 Å². The molecule has 0 aliphatic carbocycles. The predicted octanol–water partition coefficient (Wildman–Crippen LogP) is 1.83. The van der Waals surface area contributed by atoms with E-state index in [9.17, 15) is 13.6 Å². The van der Waals surface area contributed by atoms with Crippen molar-refractivity contribution in [1.82, 2.24) is 4.90 Å². The van der Waals surface area contributed by atoms with Crippen molar-refractivity contribution in [3.8, 4) is 0 Å². The third kappa shape index (κ3) is 5.26. The second kappa shape index (κ2) is 9.48. The van der Waals surface area contributed by atoms with Gasteiger partial charge in [0.05, 0.1) is 18.2 Å². The summed E-state index contributed by atoms with van der Waals surface area (Å²) in [7, 11) is 0. The summed E-state index contributed by atoms with van der Waals surface area (Å²) in [5, 5.41) is 8.77. The van der Waals surface area contributed by atoms with Gasteiger partial charge in [-0.1, -0.05) is 11.6 Å². The van der Waals surface area contributed by atoms with Crippen LogP contribution in [0.1, 0.15) is 29.6 Å². The summed E-state index contributed by atoms with van der Waals surface area (Å²) in [5.74, 6) is 0.330. The second-order valence-electron chi connectivity index (χ2n) is 5.74. The van der Waals surface area contributed by atoms with Crippen LogP contribution in [0.4, 0.5) is 0 Å². The quantitative estimate of drug-likeness (QED) is 0.581. The molecule has 1 fully saturated rings. The first-order chi connectivity index (χ1) is 11.5. The van der Waals surface area contributed by atoms with Crippen LogP contribution in [0.2, 0.25) is 5.02 Å². The van der Waals surface area contributed by atoms with E-state index in [0.29, 0.717) is 37.8 Å². The number of likely N-dealkylation sites (tertiary alicyclic amines) is 1. The van der Waals surface area contributed by atoms with Gasteiger partial charge in [0.25, 0.3) is 5.91 Å². The van der Waals surface area contributed by atoms with Crippen LogP contribution < -0.4 is 0 Å². The van der Waals surface area contributed by atoms with Crippen LogP contribution >= 0.6 is 11.6 Å². The molecule has 2 rings (SSSR count). The maximum absolute atomic E-state index is 12.5. The molecule has 134 valence electrons. The Kier molecular flexibility index (Phi) is 7.64. The van der Waals surface area contributed by atoms with Crippen molar-refractivity contribution in [1.29, 1.82) is 0 Å². The molecule has 6 nitrogen and oxygen atoms in total. The monoisotopic (exact) mass is 374 g/mol. The fourth-order valence-corrected chi connectivity index (χ4v) is 3.55. The molecule has 1 aromatic carbocycles. The Bertz CT molecular complexity index is 590. The zero-order valence-corrected chi connectivity index (χ0v) is 14.9. The Morgan fingerprint density at radius 2 is 2.08 bits per heavy atom. The van der Waals surface area contributed by atoms with Crippen LogP contribution in [-0.4, -0.2) is 57.6 Å². The Hall–Kier alpha value is -0.990. The summed E-state index contributed by atoms with van der Waals surface area (Å²) in [5.41, 5.74) is 0.336. The highest BCUT2D eigenvalue weighted by molar-refractivity contribution is 7.79. The summed E-state index contributed by atoms with van der Waals surface area (Å²) in [6.45, 7) is 2.29. The van der Waals surface area contributed by atoms with E-state index in [2.05, 4.69) is 0 Å². The molecule has 1 heterocycles. The molecular weight excluding hydrogens is 354 g/mol. The van der Waals surface area contributed by atoms with Gasteiger partial charge >= 0.3 is 0 Å². The number of ether oxygens (including phenoxy) is 1. The first-order valence-electron chi connectivity index (χ1n) is 7.89. The molecular formula is C16H21ClNO5S-. The predicted molar refractivity (Wildman–Crippen MR) is 89.8 cm³/mol. The highest BCUT2D eigenvalue weighted by Crippen LogP contribution is 2.24. The van der Waals surface area contributed by atoms with Crippen molar-refractivity contribution in [3.63, 3.8) is 0 Å². The third-order valence-corrected chi connectivity index (χ3v) is 5.30. The standard InChI is InChI=1S/C16H22ClNO5S/c17-14-2-1-13(11-15(14)24(21)22)16(20)18-6-3-12(4-7-18)5-9-23-10-8-19/h1-2,11-12,19H,3-10H2,(H,21,22)/p-1. The fraction of sp³-hybridized carbons (Fsp3) is 0.562. The van der Waals surface area contributed by atoms with Crippen LogP contribution in [0, 0.1) is 5.92 Å². The number of aliphatic hydroxyl groups is 1. The average Bonchev–Trinajstić information content (AvgIpc) is 2.59. The van der Waals surface area contributed by atoms with E-state index in [-0.39, 0.29) is 22.4 Å². The average molecular weight is 375 g/mol. The normalized spacial score (nSPS) is 17.0. The molecule has 8 heteroatoms. The van der Waals surface area contributed by atoms with Crippen molar-refractivity contribution < 1.29 is 23.4 Å². The number of benzene rings is 1. The summed E-state index contributed by atoms with van der Waals surface area (Å²) in [6.07, 6.45) is 2.70. The summed E-state index contributed by atoms with van der Waals surface area (Å²) >= 11 is 3.36. The Balaban J connectivity index is 1.89. The largest absolute Gasteiger partial charge is 0.768 e. The van der Waals surface area contributed by atoms with Crippen LogP contribution in [0.5, 0.6) is 0 Å². The van der Waals surface area contributed by atoms with E-state index in [1.807, 2.05) is 0 Å². The summed E-state index contributed by atoms with van der Waals surface area (Å²) in [4.78, 5) is 14.2. The van der Waals surface area contributed by atoms with Crippen LogP contribution in [0.3, 0.4) is 0 Å². The summed E-state index contributed by atoms with van der Waals surface area (Å²) < 4.78 is 27.5. The first kappa shape index (κ1) is 19.3. The lowest BCUT2D eigenvalue weighted by atomic mass is 9.93. The van der Waals surface area contributed by atoms with E-state index < -0.39 is 11.1 Å². The van der Waals surface area contributed by atoms with Gasteiger partial charge in [-0.2, -0.15) is 0 Å². The van der Waals surface area contributed by atoms with E-state index in [1.165, 1.54) is 12.1 Å². The molecule has 1 aliphatic heterocycles. The van der Waals surface area contributed by atoms with E-state index in [0.717, 1.165) is 19.3 Å². The van der Waals surface area contributed by atoms with Crippen LogP contribution in [0.25, 0.3) is 0 Å². The topological polar surface area (TPSA) is 89.9 Å². The van der Waals surface area contributed by atoms with Gasteiger partial charge < -0.3 is 19.3 Å². The number of halogens is 1. The van der Waals surface area contributed by atoms with Crippen molar-refractivity contribution in [3.05, 3.63) is 28.8 Å². The molecule has 0 saturated carbocycles. The zero-order valence-electron chi connectivity index (χ0n) is 13.3. The summed E-state index contributed by atoms with van der Waals surface area (Å²) in [6, 6.07) is 4.31. The molecule has 0 bridgehead atoms. The van der Waals surface area contributed by atoms with Crippen LogP contribution in [-0.2, 0) is 15.8 Å². The number of hydrogen-bond acceptors (Lipinski definition) is 5. The maximum atomic E-state index is 12.5. The highest BCUT2D eigenvalue weighted by Gasteiger charge is 2.24. The van der Waals surface area contributed by atoms with E-state index in [1.54, 1.807) is 11.0 Å². The number of amides is 1. The molecule has 24 heavy (non-hydrogen) atoms. The second-order valence-corrected chi connectivity index (χ2v) is 7.06. The third-order valence-electron chi connectivity index (χ3n) is 4.17. The number of aliphatic hydroxyl groups excluding tert-OH is 1. The lowest BCUT2D eigenvalue weighted by Gasteiger charge is -2.32. The lowest BCUT2D eigenvalue weighted by molar-refractivity contribution is 0.0606. The number of nitrogens with zero attached hydrogens (tertiary/aromatic N) is 1. The first-order valence-corrected chi connectivity index (χ1v) is 9.35. The molecule has 1 aliphatic rings. The Morgan fingerprint density at radius 1 is 1.38 bits per heavy atom. The van der Waals surface area contributed by atoms with Crippen LogP contribution in [0.15, 0.2) is 23.1 Å². The number of hydrogen-bond donors (Lipinski definition) is 1. The molecule has 1 atom stereocenters. The minimum Gasteiger partial charge on any atom is -0.768 e. The minimum absolute atomic E-state index is 0.0319. The van der Waals surface area contributed by atoms with Crippen molar-refractivity contribution in [2.45, 2.75) is 24.2 Å². The van der Waals surface area contributed by atoms with E-state index in [4.69, 9.17) is 21.4 Å². The highest BCUT2D eigenvalue weighted by atomic mass is 35.5. The van der Waals surface area contributed by atoms with Gasteiger partial charge in [0.1, 0.15) is 0 Å². The number of rotatable bonds is 7. The SMILES string of the molecule is O=C(c1ccc(Cl)c(S(=O)[O-])c1)N1CCC(CCOCCO)CC1. The molecule has 0 spiro atoms. The van der Waals surface area contributed by atoms with Gasteiger partial charge in [0.15, 0.2) is 0 Å². The van der Waals surface area contributed by atoms with Crippen molar-refractivity contribution in [2.24, 2.45) is 5.92 Å². The van der Waals surface area contributed by atoms with Crippen molar-refractivity contribution >= 4 is 28.6 Å². The lowest BCUT2D eigenvalue weighted by Crippen LogP contribution is -2.38. The molecule has 0 radical (unpaired) electrons. The van der Waals surface area contributed by atoms with Gasteiger partial charge in [0.2, 0.25) is 0 Å². The number of piperidine rings is 1. The molecule has 1 aromatic rings. The van der Waals surface area contributed by atoms with Gasteiger partial charge in [-0.25, -0.2) is 0 Å². The molecule has 1 amide bonds. The zero-order chi connectivity index (χ0) is 17.5. The molecule has 1 unspecified atom stereocenters. The van der Waals surface area contributed by atoms with Gasteiger partial charge in [0, 0.05) is 30.2 Å². The molecule has 1 saturated heterocycles. The number of carbonyl (C=O) groups excluding carboxylic acids is 1. The van der Waals surface area contributed by atoms with Crippen molar-refractivity contribution in [2.75, 3.05) is 32.9 Å². The Morgan fingerprint density at radius 3 is 2.71 bits per heavy atom. The smallest absolute Gasteiger partial charge is 0.253 e. The van der Waals surface area contributed by atoms with Gasteiger partial charge in [-0.15, -0.1) is 0 Å². The molecule has 0 aromatic heterocycles. The minimum atomic E-state index is -2.47. The van der Waals surface area contributed by atoms with Gasteiger partial charge in [-0.3, -0.25) is 9.00 Å². The number of carbonyl (C=O) groups is 1.